The molecule has 2 aromatic rings. The fraction of sp³-hybridized carbons (Fsp3) is 0.176. The van der Waals surface area contributed by atoms with E-state index >= 15 is 0 Å². The molecule has 0 saturated carbocycles. The summed E-state index contributed by atoms with van der Waals surface area (Å²) in [4.78, 5) is 23.5. The second-order valence-corrected chi connectivity index (χ2v) is 4.79. The van der Waals surface area contributed by atoms with Crippen LogP contribution >= 0.6 is 0 Å². The quantitative estimate of drug-likeness (QED) is 0.694. The molecule has 0 aliphatic carbocycles. The normalized spacial score (nSPS) is 10.7. The predicted molar refractivity (Wildman–Crippen MR) is 83.6 cm³/mol. The van der Waals surface area contributed by atoms with Gasteiger partial charge in [0.2, 0.25) is 5.91 Å². The fourth-order valence-electron chi connectivity index (χ4n) is 1.88. The van der Waals surface area contributed by atoms with Crippen LogP contribution in [0.25, 0.3) is 6.08 Å². The van der Waals surface area contributed by atoms with Crippen molar-refractivity contribution in [2.24, 2.45) is 0 Å². The van der Waals surface area contributed by atoms with Crippen molar-refractivity contribution in [3.63, 3.8) is 0 Å². The Labute approximate surface area is 128 Å². The summed E-state index contributed by atoms with van der Waals surface area (Å²) in [5, 5.41) is 2.73. The Morgan fingerprint density at radius 2 is 1.95 bits per heavy atom. The molecule has 0 saturated heterocycles. The first kappa shape index (κ1) is 15.6. The zero-order valence-corrected chi connectivity index (χ0v) is 12.7. The van der Waals surface area contributed by atoms with Crippen LogP contribution in [0.3, 0.4) is 0 Å². The topological polar surface area (TPSA) is 68.5 Å². The van der Waals surface area contributed by atoms with Gasteiger partial charge in [-0.05, 0) is 49.8 Å². The summed E-state index contributed by atoms with van der Waals surface area (Å²) in [6.45, 7) is 3.68. The highest BCUT2D eigenvalue weighted by Gasteiger charge is 2.09. The Bertz CT molecular complexity index is 728. The number of aryl methyl sites for hydroxylation is 2. The number of nitrogens with one attached hydrogen (secondary N) is 1. The Hall–Kier alpha value is -2.82. The molecule has 114 valence electrons. The first-order valence-corrected chi connectivity index (χ1v) is 6.74. The molecule has 0 aliphatic heterocycles. The van der Waals surface area contributed by atoms with Gasteiger partial charge in [0.15, 0.2) is 0 Å². The van der Waals surface area contributed by atoms with Gasteiger partial charge >= 0.3 is 5.97 Å². The Morgan fingerprint density at radius 3 is 2.59 bits per heavy atom. The zero-order valence-electron chi connectivity index (χ0n) is 12.7. The van der Waals surface area contributed by atoms with E-state index < -0.39 is 5.97 Å². The van der Waals surface area contributed by atoms with Crippen molar-refractivity contribution in [1.82, 2.24) is 0 Å². The number of esters is 1. The third kappa shape index (κ3) is 3.85. The van der Waals surface area contributed by atoms with E-state index in [4.69, 9.17) is 4.42 Å². The van der Waals surface area contributed by atoms with E-state index in [1.54, 1.807) is 30.3 Å². The Balaban J connectivity index is 2.10. The van der Waals surface area contributed by atoms with E-state index in [1.807, 2.05) is 19.9 Å². The van der Waals surface area contributed by atoms with Gasteiger partial charge in [0, 0.05) is 11.8 Å². The molecule has 22 heavy (non-hydrogen) atoms. The summed E-state index contributed by atoms with van der Waals surface area (Å²) in [5.74, 6) is 0.630. The number of hydrogen-bond donors (Lipinski definition) is 1. The first-order chi connectivity index (χ1) is 10.5. The number of carbonyl (C=O) groups excluding carboxylic acids is 2. The van der Waals surface area contributed by atoms with Crippen LogP contribution in [0.1, 0.15) is 27.4 Å². The van der Waals surface area contributed by atoms with Gasteiger partial charge in [-0.2, -0.15) is 0 Å². The lowest BCUT2D eigenvalue weighted by atomic mass is 10.1. The predicted octanol–water partition coefficient (Wildman–Crippen LogP) is 3.33. The molecule has 0 unspecified atom stereocenters. The largest absolute Gasteiger partial charge is 0.465 e. The van der Waals surface area contributed by atoms with Gasteiger partial charge in [-0.3, -0.25) is 4.79 Å². The van der Waals surface area contributed by atoms with Gasteiger partial charge < -0.3 is 14.5 Å². The third-order valence-electron chi connectivity index (χ3n) is 3.08. The monoisotopic (exact) mass is 299 g/mol. The molecule has 0 aliphatic rings. The molecule has 0 spiro atoms. The highest BCUT2D eigenvalue weighted by Crippen LogP contribution is 2.18. The summed E-state index contributed by atoms with van der Waals surface area (Å²) in [6, 6.07) is 8.59. The molecular formula is C17H17NO4. The lowest BCUT2D eigenvalue weighted by Crippen LogP contribution is -2.10. The van der Waals surface area contributed by atoms with Gasteiger partial charge in [-0.25, -0.2) is 4.79 Å². The highest BCUT2D eigenvalue weighted by atomic mass is 16.5. The molecule has 1 aromatic carbocycles. The third-order valence-corrected chi connectivity index (χ3v) is 3.08. The number of carbonyl (C=O) groups is 2. The minimum absolute atomic E-state index is 0.306. The fourth-order valence-corrected chi connectivity index (χ4v) is 1.88. The molecule has 1 amide bonds. The highest BCUT2D eigenvalue weighted by molar-refractivity contribution is 6.03. The van der Waals surface area contributed by atoms with Crippen LogP contribution in [0.4, 0.5) is 5.69 Å². The lowest BCUT2D eigenvalue weighted by molar-refractivity contribution is -0.111. The number of ether oxygens (including phenoxy) is 1. The first-order valence-electron chi connectivity index (χ1n) is 6.74. The average molecular weight is 299 g/mol. The molecule has 0 fully saturated rings. The van der Waals surface area contributed by atoms with Crippen LogP contribution in [-0.4, -0.2) is 19.0 Å². The molecule has 2 rings (SSSR count). The van der Waals surface area contributed by atoms with Gasteiger partial charge in [0.05, 0.1) is 12.7 Å². The van der Waals surface area contributed by atoms with Crippen molar-refractivity contribution in [2.75, 3.05) is 12.4 Å². The summed E-state index contributed by atoms with van der Waals surface area (Å²) >= 11 is 0. The molecule has 0 bridgehead atoms. The molecule has 1 N–H and O–H groups in total. The maximum Gasteiger partial charge on any atom is 0.337 e. The molecule has 1 heterocycles. The van der Waals surface area contributed by atoms with E-state index in [0.29, 0.717) is 17.0 Å². The summed E-state index contributed by atoms with van der Waals surface area (Å²) < 4.78 is 10.0. The second kappa shape index (κ2) is 6.76. The van der Waals surface area contributed by atoms with Crippen molar-refractivity contribution >= 4 is 23.6 Å². The minimum Gasteiger partial charge on any atom is -0.465 e. The zero-order chi connectivity index (χ0) is 16.1. The Morgan fingerprint density at radius 1 is 1.18 bits per heavy atom. The van der Waals surface area contributed by atoms with Crippen molar-refractivity contribution in [3.8, 4) is 0 Å². The number of rotatable bonds is 4. The van der Waals surface area contributed by atoms with Crippen LogP contribution < -0.4 is 5.32 Å². The average Bonchev–Trinajstić information content (AvgIpc) is 2.92. The molecular weight excluding hydrogens is 282 g/mol. The van der Waals surface area contributed by atoms with Crippen LogP contribution in [0, 0.1) is 13.8 Å². The van der Waals surface area contributed by atoms with E-state index in [-0.39, 0.29) is 5.91 Å². The number of hydrogen-bond acceptors (Lipinski definition) is 4. The summed E-state index contributed by atoms with van der Waals surface area (Å²) in [7, 11) is 1.31. The SMILES string of the molecule is COC(=O)c1ccc(C)c(NC(=O)/C=C/c2ccc(C)o2)c1. The number of amides is 1. The maximum absolute atomic E-state index is 11.9. The van der Waals surface area contributed by atoms with Crippen molar-refractivity contribution in [1.29, 1.82) is 0 Å². The van der Waals surface area contributed by atoms with Crippen LogP contribution in [0.2, 0.25) is 0 Å². The summed E-state index contributed by atoms with van der Waals surface area (Å²) in [6.07, 6.45) is 2.96. The van der Waals surface area contributed by atoms with E-state index in [0.717, 1.165) is 11.3 Å². The molecule has 5 nitrogen and oxygen atoms in total. The van der Waals surface area contributed by atoms with Crippen LogP contribution in [-0.2, 0) is 9.53 Å². The van der Waals surface area contributed by atoms with Crippen molar-refractivity contribution < 1.29 is 18.7 Å². The lowest BCUT2D eigenvalue weighted by Gasteiger charge is -2.08. The number of furan rings is 1. The van der Waals surface area contributed by atoms with E-state index in [2.05, 4.69) is 10.1 Å². The summed E-state index contributed by atoms with van der Waals surface area (Å²) in [5.41, 5.74) is 1.80. The van der Waals surface area contributed by atoms with Crippen molar-refractivity contribution in [3.05, 3.63) is 59.1 Å². The van der Waals surface area contributed by atoms with E-state index in [1.165, 1.54) is 13.2 Å². The number of methoxy groups -OCH3 is 1. The van der Waals surface area contributed by atoms with Crippen LogP contribution in [0.15, 0.2) is 40.8 Å². The molecule has 5 heteroatoms. The molecule has 0 radical (unpaired) electrons. The number of benzene rings is 1. The van der Waals surface area contributed by atoms with Gasteiger partial charge in [-0.15, -0.1) is 0 Å². The molecule has 0 atom stereocenters. The van der Waals surface area contributed by atoms with Gasteiger partial charge in [0.1, 0.15) is 11.5 Å². The van der Waals surface area contributed by atoms with E-state index in [9.17, 15) is 9.59 Å². The number of anilines is 1. The van der Waals surface area contributed by atoms with Crippen LogP contribution in [0.5, 0.6) is 0 Å². The van der Waals surface area contributed by atoms with Crippen molar-refractivity contribution in [2.45, 2.75) is 13.8 Å². The van der Waals surface area contributed by atoms with Gasteiger partial charge in [0.25, 0.3) is 0 Å². The Kier molecular flexibility index (Phi) is 4.78. The van der Waals surface area contributed by atoms with Gasteiger partial charge in [-0.1, -0.05) is 6.07 Å². The smallest absolute Gasteiger partial charge is 0.337 e. The maximum atomic E-state index is 11.9. The standard InChI is InChI=1S/C17H17NO4/c1-11-4-6-13(17(20)21-3)10-15(11)18-16(19)9-8-14-7-5-12(2)22-14/h4-10H,1-3H3,(H,18,19)/b9-8+. The second-order valence-electron chi connectivity index (χ2n) is 4.79. The molecule has 1 aromatic heterocycles. The minimum atomic E-state index is -0.447.